The van der Waals surface area contributed by atoms with Crippen LogP contribution in [0.1, 0.15) is 22.3 Å². The van der Waals surface area contributed by atoms with Crippen molar-refractivity contribution in [3.8, 4) is 0 Å². The van der Waals surface area contributed by atoms with Gasteiger partial charge in [-0.05, 0) is 88.8 Å². The molecule has 32 heavy (non-hydrogen) atoms. The van der Waals surface area contributed by atoms with E-state index < -0.39 is 0 Å². The zero-order valence-electron chi connectivity index (χ0n) is 17.2. The summed E-state index contributed by atoms with van der Waals surface area (Å²) in [4.78, 5) is 40.9. The Morgan fingerprint density at radius 3 is 2.38 bits per heavy atom. The number of halogens is 2. The van der Waals surface area contributed by atoms with E-state index in [0.29, 0.717) is 33.8 Å². The molecule has 0 unspecified atom stereocenters. The molecule has 5 aliphatic rings. The third-order valence-corrected chi connectivity index (χ3v) is 8.74. The van der Waals surface area contributed by atoms with Crippen LogP contribution in [0.5, 0.6) is 0 Å². The first-order chi connectivity index (χ1) is 15.3. The van der Waals surface area contributed by atoms with E-state index in [-0.39, 0.29) is 41.4 Å². The average Bonchev–Trinajstić information content (AvgIpc) is 3.55. The average molecular weight is 512 g/mol. The summed E-state index contributed by atoms with van der Waals surface area (Å²) in [6.45, 7) is 1.88. The van der Waals surface area contributed by atoms with Gasteiger partial charge in [-0.3, -0.25) is 14.4 Å². The van der Waals surface area contributed by atoms with E-state index in [1.54, 1.807) is 30.3 Å². The number of anilines is 2. The molecule has 1 N–H and O–H groups in total. The Balaban J connectivity index is 1.28. The molecule has 2 saturated carbocycles. The van der Waals surface area contributed by atoms with Crippen LogP contribution in [0.15, 0.2) is 53.0 Å². The Morgan fingerprint density at radius 2 is 1.72 bits per heavy atom. The molecule has 2 aromatic carbocycles. The number of nitrogens with zero attached hydrogens (tertiary/aromatic N) is 1. The molecule has 2 aromatic rings. The zero-order chi connectivity index (χ0) is 22.3. The fourth-order valence-corrected chi connectivity index (χ4v) is 6.59. The molecule has 2 bridgehead atoms. The molecule has 7 heteroatoms. The van der Waals surface area contributed by atoms with Crippen molar-refractivity contribution in [2.24, 2.45) is 35.5 Å². The Kier molecular flexibility index (Phi) is 4.43. The second-order valence-electron chi connectivity index (χ2n) is 9.25. The molecular formula is C25H20BrClN2O3. The summed E-state index contributed by atoms with van der Waals surface area (Å²) < 4.78 is 0.755. The van der Waals surface area contributed by atoms with Crippen LogP contribution in [0, 0.1) is 42.4 Å². The fourth-order valence-electron chi connectivity index (χ4n) is 5.97. The second-order valence-corrected chi connectivity index (χ2v) is 10.5. The molecule has 4 aliphatic carbocycles. The maximum atomic E-state index is 13.3. The summed E-state index contributed by atoms with van der Waals surface area (Å²) in [7, 11) is 0. The predicted octanol–water partition coefficient (Wildman–Crippen LogP) is 5.22. The number of imide groups is 1. The number of carbonyl (C=O) groups excluding carboxylic acids is 3. The lowest BCUT2D eigenvalue weighted by Gasteiger charge is -2.37. The van der Waals surface area contributed by atoms with Crippen molar-refractivity contribution in [3.05, 3.63) is 69.2 Å². The molecule has 1 aliphatic heterocycles. The largest absolute Gasteiger partial charge is 0.322 e. The summed E-state index contributed by atoms with van der Waals surface area (Å²) in [6, 6.07) is 10.3. The van der Waals surface area contributed by atoms with Crippen LogP contribution in [-0.4, -0.2) is 17.7 Å². The first-order valence-electron chi connectivity index (χ1n) is 10.8. The van der Waals surface area contributed by atoms with Gasteiger partial charge in [0.25, 0.3) is 5.91 Å². The maximum absolute atomic E-state index is 13.3. The molecular weight excluding hydrogens is 492 g/mol. The van der Waals surface area contributed by atoms with Crippen LogP contribution in [0.2, 0.25) is 5.02 Å². The highest BCUT2D eigenvalue weighted by atomic mass is 79.9. The highest BCUT2D eigenvalue weighted by Gasteiger charge is 2.67. The minimum absolute atomic E-state index is 0.127. The molecule has 0 spiro atoms. The van der Waals surface area contributed by atoms with E-state index >= 15 is 0 Å². The first-order valence-corrected chi connectivity index (χ1v) is 12.0. The highest BCUT2D eigenvalue weighted by molar-refractivity contribution is 9.10. The molecule has 0 aromatic heterocycles. The quantitative estimate of drug-likeness (QED) is 0.454. The predicted molar refractivity (Wildman–Crippen MR) is 125 cm³/mol. The Morgan fingerprint density at radius 1 is 1.06 bits per heavy atom. The number of aryl methyl sites for hydroxylation is 1. The summed E-state index contributed by atoms with van der Waals surface area (Å²) in [5.74, 6) is 0.365. The van der Waals surface area contributed by atoms with Crippen molar-refractivity contribution in [1.82, 2.24) is 0 Å². The van der Waals surface area contributed by atoms with Gasteiger partial charge in [-0.25, -0.2) is 4.90 Å². The lowest BCUT2D eigenvalue weighted by atomic mass is 9.63. The fraction of sp³-hybridized carbons (Fsp3) is 0.320. The van der Waals surface area contributed by atoms with Gasteiger partial charge in [0.05, 0.1) is 22.5 Å². The van der Waals surface area contributed by atoms with E-state index in [0.717, 1.165) is 16.5 Å². The number of carbonyl (C=O) groups is 3. The van der Waals surface area contributed by atoms with Crippen molar-refractivity contribution in [2.75, 3.05) is 10.2 Å². The van der Waals surface area contributed by atoms with Crippen molar-refractivity contribution < 1.29 is 14.4 Å². The number of hydrogen-bond acceptors (Lipinski definition) is 3. The summed E-state index contributed by atoms with van der Waals surface area (Å²) in [5.41, 5.74) is 2.30. The van der Waals surface area contributed by atoms with E-state index in [1.807, 2.05) is 13.0 Å². The van der Waals surface area contributed by atoms with Gasteiger partial charge < -0.3 is 5.32 Å². The van der Waals surface area contributed by atoms with Crippen molar-refractivity contribution in [2.45, 2.75) is 13.3 Å². The van der Waals surface area contributed by atoms with Gasteiger partial charge in [-0.1, -0.05) is 29.8 Å². The minimum atomic E-state index is -0.326. The van der Waals surface area contributed by atoms with E-state index in [9.17, 15) is 14.4 Å². The monoisotopic (exact) mass is 510 g/mol. The number of amides is 3. The smallest absolute Gasteiger partial charge is 0.255 e. The van der Waals surface area contributed by atoms with Crippen LogP contribution < -0.4 is 10.2 Å². The summed E-state index contributed by atoms with van der Waals surface area (Å²) in [6.07, 6.45) is 5.44. The maximum Gasteiger partial charge on any atom is 0.255 e. The minimum Gasteiger partial charge on any atom is -0.322 e. The van der Waals surface area contributed by atoms with Gasteiger partial charge in [-0.2, -0.15) is 0 Å². The van der Waals surface area contributed by atoms with Gasteiger partial charge in [0, 0.05) is 15.7 Å². The molecule has 5 nitrogen and oxygen atoms in total. The van der Waals surface area contributed by atoms with Crippen LogP contribution in [0.4, 0.5) is 11.4 Å². The van der Waals surface area contributed by atoms with E-state index in [1.165, 1.54) is 4.90 Å². The number of rotatable bonds is 3. The van der Waals surface area contributed by atoms with Crippen molar-refractivity contribution in [3.63, 3.8) is 0 Å². The highest BCUT2D eigenvalue weighted by Crippen LogP contribution is 2.65. The van der Waals surface area contributed by atoms with Gasteiger partial charge >= 0.3 is 0 Å². The number of nitrogens with one attached hydrogen (secondary N) is 1. The van der Waals surface area contributed by atoms with Gasteiger partial charge in [-0.15, -0.1) is 0 Å². The molecule has 6 atom stereocenters. The SMILES string of the molecule is Cc1cc(Br)c(Cl)cc1NC(=O)c1cccc(N2C(=O)[C@@H]3[C@H]4C=C[C@@H]([C@@H]5C[C@H]45)[C@H]3C2=O)c1. The standard InChI is InChI=1S/C25H20BrClN2O3/c1-11-7-18(26)19(27)10-20(11)28-23(30)12-3-2-4-13(8-12)29-24(31)21-14-5-6-15(17-9-16(14)17)22(21)25(29)32/h2-8,10,14-17,21-22H,9H2,1H3,(H,28,30)/t14-,15-,16-,17+,21+,22+/m0/s1. The van der Waals surface area contributed by atoms with Crippen LogP contribution in [0.25, 0.3) is 0 Å². The normalized spacial score (nSPS) is 31.5. The lowest BCUT2D eigenvalue weighted by molar-refractivity contribution is -0.124. The molecule has 0 radical (unpaired) electrons. The van der Waals surface area contributed by atoms with E-state index in [4.69, 9.17) is 11.6 Å². The molecule has 1 heterocycles. The molecule has 162 valence electrons. The third-order valence-electron chi connectivity index (χ3n) is 7.54. The number of benzene rings is 2. The number of allylic oxidation sites excluding steroid dienone is 2. The summed E-state index contributed by atoms with van der Waals surface area (Å²) in [5, 5.41) is 3.37. The Labute approximate surface area is 198 Å². The Hall–Kier alpha value is -2.44. The van der Waals surface area contributed by atoms with E-state index in [2.05, 4.69) is 33.4 Å². The van der Waals surface area contributed by atoms with Crippen LogP contribution in [-0.2, 0) is 9.59 Å². The zero-order valence-corrected chi connectivity index (χ0v) is 19.6. The molecule has 3 fully saturated rings. The lowest BCUT2D eigenvalue weighted by Crippen LogP contribution is -2.40. The second kappa shape index (κ2) is 7.03. The van der Waals surface area contributed by atoms with Crippen LogP contribution >= 0.6 is 27.5 Å². The van der Waals surface area contributed by atoms with Crippen molar-refractivity contribution in [1.29, 1.82) is 0 Å². The van der Waals surface area contributed by atoms with Gasteiger partial charge in [0.15, 0.2) is 0 Å². The number of hydrogen-bond donors (Lipinski definition) is 1. The first kappa shape index (κ1) is 20.2. The van der Waals surface area contributed by atoms with Crippen LogP contribution in [0.3, 0.4) is 0 Å². The summed E-state index contributed by atoms with van der Waals surface area (Å²) >= 11 is 9.55. The Bertz CT molecular complexity index is 1210. The molecule has 3 amide bonds. The van der Waals surface area contributed by atoms with Crippen molar-refractivity contribution >= 4 is 56.6 Å². The molecule has 7 rings (SSSR count). The van der Waals surface area contributed by atoms with Gasteiger partial charge in [0.1, 0.15) is 0 Å². The topological polar surface area (TPSA) is 66.5 Å². The molecule has 1 saturated heterocycles. The van der Waals surface area contributed by atoms with Gasteiger partial charge in [0.2, 0.25) is 11.8 Å². The third kappa shape index (κ3) is 2.85.